The summed E-state index contributed by atoms with van der Waals surface area (Å²) >= 11 is 1.73. The second kappa shape index (κ2) is 8.41. The Morgan fingerprint density at radius 1 is 1.63 bits per heavy atom. The fourth-order valence-electron chi connectivity index (χ4n) is 1.41. The number of nitro groups is 1. The molecule has 0 aromatic carbocycles. The molecule has 0 aliphatic heterocycles. The quantitative estimate of drug-likeness (QED) is 0.359. The predicted molar refractivity (Wildman–Crippen MR) is 76.2 cm³/mol. The van der Waals surface area contributed by atoms with Crippen LogP contribution in [0.2, 0.25) is 0 Å². The van der Waals surface area contributed by atoms with Crippen molar-refractivity contribution in [3.05, 3.63) is 39.9 Å². The first-order chi connectivity index (χ1) is 9.13. The van der Waals surface area contributed by atoms with Gasteiger partial charge in [0, 0.05) is 30.3 Å². The van der Waals surface area contributed by atoms with Gasteiger partial charge >= 0.3 is 0 Å². The van der Waals surface area contributed by atoms with Crippen molar-refractivity contribution in [3.63, 3.8) is 0 Å². The van der Waals surface area contributed by atoms with Gasteiger partial charge in [-0.25, -0.2) is 4.98 Å². The summed E-state index contributed by atoms with van der Waals surface area (Å²) in [5.74, 6) is 2.14. The molecule has 0 saturated heterocycles. The number of hydrogen-bond donors (Lipinski definition) is 3. The summed E-state index contributed by atoms with van der Waals surface area (Å²) in [7, 11) is 0. The van der Waals surface area contributed by atoms with E-state index in [1.807, 2.05) is 13.8 Å². The van der Waals surface area contributed by atoms with Crippen LogP contribution in [0.3, 0.4) is 0 Å². The molecule has 19 heavy (non-hydrogen) atoms. The highest BCUT2D eigenvalue weighted by atomic mass is 32.2. The molecule has 0 spiro atoms. The number of thioether (sulfide) groups is 1. The van der Waals surface area contributed by atoms with Gasteiger partial charge in [-0.3, -0.25) is 10.1 Å². The Morgan fingerprint density at radius 3 is 3.00 bits per heavy atom. The van der Waals surface area contributed by atoms with Crippen molar-refractivity contribution in [2.45, 2.75) is 19.6 Å². The first-order valence-electron chi connectivity index (χ1n) is 6.03. The standard InChI is InChI=1S/C11H19N5O2S/c1-3-12-11(6-16(17)18)13-4-5-19-7-10-9(2)14-8-15-10/h6,8,12-13H,3-5,7H2,1-2H3,(H,14,15). The highest BCUT2D eigenvalue weighted by Gasteiger charge is 2.02. The maximum Gasteiger partial charge on any atom is 0.274 e. The van der Waals surface area contributed by atoms with Crippen LogP contribution in [-0.4, -0.2) is 33.7 Å². The van der Waals surface area contributed by atoms with Gasteiger partial charge in [-0.05, 0) is 13.8 Å². The van der Waals surface area contributed by atoms with Gasteiger partial charge in [0.25, 0.3) is 6.20 Å². The number of aromatic nitrogens is 2. The smallest absolute Gasteiger partial charge is 0.274 e. The molecule has 0 bridgehead atoms. The maximum atomic E-state index is 10.4. The molecule has 1 aromatic rings. The van der Waals surface area contributed by atoms with E-state index in [1.54, 1.807) is 18.1 Å². The molecule has 1 aromatic heterocycles. The average Bonchev–Trinajstić information content (AvgIpc) is 2.74. The number of rotatable bonds is 9. The van der Waals surface area contributed by atoms with E-state index in [1.165, 1.54) is 0 Å². The summed E-state index contributed by atoms with van der Waals surface area (Å²) in [4.78, 5) is 17.2. The fourth-order valence-corrected chi connectivity index (χ4v) is 2.28. The molecule has 0 amide bonds. The van der Waals surface area contributed by atoms with E-state index in [0.717, 1.165) is 29.1 Å². The lowest BCUT2D eigenvalue weighted by atomic mass is 10.4. The molecule has 0 atom stereocenters. The molecule has 0 radical (unpaired) electrons. The lowest BCUT2D eigenvalue weighted by molar-refractivity contribution is -0.404. The van der Waals surface area contributed by atoms with E-state index in [0.29, 0.717) is 18.9 Å². The second-order valence-corrected chi connectivity index (χ2v) is 4.92. The fraction of sp³-hybridized carbons (Fsp3) is 0.545. The number of hydrogen-bond acceptors (Lipinski definition) is 6. The van der Waals surface area contributed by atoms with Crippen molar-refractivity contribution in [1.29, 1.82) is 0 Å². The van der Waals surface area contributed by atoms with Crippen molar-refractivity contribution in [2.24, 2.45) is 0 Å². The van der Waals surface area contributed by atoms with E-state index >= 15 is 0 Å². The summed E-state index contributed by atoms with van der Waals surface area (Å²) < 4.78 is 0. The van der Waals surface area contributed by atoms with Crippen LogP contribution in [0, 0.1) is 17.0 Å². The van der Waals surface area contributed by atoms with Crippen LogP contribution in [0.5, 0.6) is 0 Å². The summed E-state index contributed by atoms with van der Waals surface area (Å²) in [6.07, 6.45) is 2.64. The maximum absolute atomic E-state index is 10.4. The van der Waals surface area contributed by atoms with Gasteiger partial charge in [-0.15, -0.1) is 0 Å². The topological polar surface area (TPSA) is 95.9 Å². The molecule has 0 aliphatic carbocycles. The van der Waals surface area contributed by atoms with E-state index < -0.39 is 4.92 Å². The van der Waals surface area contributed by atoms with Crippen LogP contribution in [0.25, 0.3) is 0 Å². The van der Waals surface area contributed by atoms with Crippen molar-refractivity contribution < 1.29 is 4.92 Å². The summed E-state index contributed by atoms with van der Waals surface area (Å²) in [5.41, 5.74) is 2.14. The summed E-state index contributed by atoms with van der Waals surface area (Å²) in [5, 5.41) is 16.3. The third kappa shape index (κ3) is 6.14. The van der Waals surface area contributed by atoms with E-state index in [2.05, 4.69) is 20.6 Å². The van der Waals surface area contributed by atoms with Crippen LogP contribution >= 0.6 is 11.8 Å². The van der Waals surface area contributed by atoms with Crippen LogP contribution in [0.1, 0.15) is 18.3 Å². The largest absolute Gasteiger partial charge is 0.367 e. The summed E-state index contributed by atoms with van der Waals surface area (Å²) in [6.45, 7) is 5.20. The Balaban J connectivity index is 2.22. The Labute approximate surface area is 116 Å². The summed E-state index contributed by atoms with van der Waals surface area (Å²) in [6, 6.07) is 0. The predicted octanol–water partition coefficient (Wildman–Crippen LogP) is 1.23. The number of H-pyrrole nitrogens is 1. The molecule has 1 rings (SSSR count). The Bertz CT molecular complexity index is 432. The zero-order chi connectivity index (χ0) is 14.1. The molecule has 1 heterocycles. The molecule has 0 fully saturated rings. The molecular weight excluding hydrogens is 266 g/mol. The zero-order valence-corrected chi connectivity index (χ0v) is 11.9. The van der Waals surface area contributed by atoms with Crippen LogP contribution in [0.4, 0.5) is 0 Å². The van der Waals surface area contributed by atoms with Gasteiger partial charge in [0.2, 0.25) is 0 Å². The number of imidazole rings is 1. The number of aryl methyl sites for hydroxylation is 1. The molecule has 7 nitrogen and oxygen atoms in total. The number of nitrogens with zero attached hydrogens (tertiary/aromatic N) is 2. The second-order valence-electron chi connectivity index (χ2n) is 3.81. The number of aromatic amines is 1. The van der Waals surface area contributed by atoms with Crippen molar-refractivity contribution >= 4 is 11.8 Å². The van der Waals surface area contributed by atoms with Gasteiger partial charge < -0.3 is 15.6 Å². The molecule has 0 saturated carbocycles. The third-order valence-electron chi connectivity index (χ3n) is 2.34. The minimum Gasteiger partial charge on any atom is -0.367 e. The Morgan fingerprint density at radius 2 is 2.42 bits per heavy atom. The van der Waals surface area contributed by atoms with Crippen molar-refractivity contribution in [1.82, 2.24) is 20.6 Å². The molecule has 0 unspecified atom stereocenters. The average molecular weight is 285 g/mol. The van der Waals surface area contributed by atoms with Crippen molar-refractivity contribution in [2.75, 3.05) is 18.8 Å². The Kier molecular flexibility index (Phi) is 6.80. The highest BCUT2D eigenvalue weighted by Crippen LogP contribution is 2.11. The minimum atomic E-state index is -0.467. The van der Waals surface area contributed by atoms with Crippen LogP contribution < -0.4 is 10.6 Å². The van der Waals surface area contributed by atoms with Gasteiger partial charge in [-0.1, -0.05) is 0 Å². The lowest BCUT2D eigenvalue weighted by Gasteiger charge is -2.09. The zero-order valence-electron chi connectivity index (χ0n) is 11.1. The molecule has 3 N–H and O–H groups in total. The van der Waals surface area contributed by atoms with Crippen LogP contribution in [0.15, 0.2) is 18.3 Å². The number of nitrogens with one attached hydrogen (secondary N) is 3. The third-order valence-corrected chi connectivity index (χ3v) is 3.31. The van der Waals surface area contributed by atoms with Gasteiger partial charge in [0.15, 0.2) is 5.82 Å². The SMILES string of the molecule is CCNC(=C[N+](=O)[O-])NCCSCc1nc[nH]c1C. The highest BCUT2D eigenvalue weighted by molar-refractivity contribution is 7.98. The van der Waals surface area contributed by atoms with Gasteiger partial charge in [0.05, 0.1) is 16.9 Å². The molecule has 8 heteroatoms. The van der Waals surface area contributed by atoms with Gasteiger partial charge in [-0.2, -0.15) is 11.8 Å². The van der Waals surface area contributed by atoms with Crippen molar-refractivity contribution in [3.8, 4) is 0 Å². The lowest BCUT2D eigenvalue weighted by Crippen LogP contribution is -2.28. The first-order valence-corrected chi connectivity index (χ1v) is 7.18. The first kappa shape index (κ1) is 15.4. The minimum absolute atomic E-state index is 0.448. The normalized spacial score (nSPS) is 11.4. The van der Waals surface area contributed by atoms with E-state index in [-0.39, 0.29) is 0 Å². The monoisotopic (exact) mass is 285 g/mol. The van der Waals surface area contributed by atoms with E-state index in [9.17, 15) is 10.1 Å². The van der Waals surface area contributed by atoms with Crippen LogP contribution in [-0.2, 0) is 5.75 Å². The van der Waals surface area contributed by atoms with Gasteiger partial charge in [0.1, 0.15) is 0 Å². The molecular formula is C11H19N5O2S. The van der Waals surface area contributed by atoms with E-state index in [4.69, 9.17) is 0 Å². The molecule has 0 aliphatic rings. The Hall–Kier alpha value is -1.70. The molecule has 106 valence electrons.